The molecule has 2 amide bonds. The lowest BCUT2D eigenvalue weighted by Gasteiger charge is -2.32. The molecule has 0 atom stereocenters. The lowest BCUT2D eigenvalue weighted by Crippen LogP contribution is -2.48. The second kappa shape index (κ2) is 6.55. The van der Waals surface area contributed by atoms with Gasteiger partial charge in [0.15, 0.2) is 0 Å². The first kappa shape index (κ1) is 15.9. The van der Waals surface area contributed by atoms with Crippen molar-refractivity contribution in [2.75, 3.05) is 19.5 Å². The number of ether oxygens (including phenoxy) is 2. The standard InChI is InChI=1S/C15H20N2O5/c1-8-12(6-11(21-2)7-13(8)22-3)17-15(20)16-10-4-9(5-10)14(18)19/h6-7,9-10H,4-5H2,1-3H3,(H,18,19)(H2,16,17,20). The molecule has 1 fully saturated rings. The summed E-state index contributed by atoms with van der Waals surface area (Å²) in [7, 11) is 3.08. The van der Waals surface area contributed by atoms with Crippen LogP contribution in [0.1, 0.15) is 18.4 Å². The van der Waals surface area contributed by atoms with Crippen molar-refractivity contribution in [3.8, 4) is 11.5 Å². The number of hydrogen-bond acceptors (Lipinski definition) is 4. The van der Waals surface area contributed by atoms with Gasteiger partial charge in [-0.15, -0.1) is 0 Å². The topological polar surface area (TPSA) is 96.9 Å². The van der Waals surface area contributed by atoms with E-state index in [0.717, 1.165) is 5.56 Å². The average Bonchev–Trinajstić information content (AvgIpc) is 2.44. The molecule has 0 saturated heterocycles. The molecule has 3 N–H and O–H groups in total. The number of carboxylic acid groups (broad SMARTS) is 1. The minimum atomic E-state index is -0.813. The van der Waals surface area contributed by atoms with Gasteiger partial charge in [-0.2, -0.15) is 0 Å². The van der Waals surface area contributed by atoms with Crippen LogP contribution in [-0.4, -0.2) is 37.4 Å². The Morgan fingerprint density at radius 1 is 1.23 bits per heavy atom. The third kappa shape index (κ3) is 3.41. The summed E-state index contributed by atoms with van der Waals surface area (Å²) in [4.78, 5) is 22.7. The fourth-order valence-corrected chi connectivity index (χ4v) is 2.40. The highest BCUT2D eigenvalue weighted by molar-refractivity contribution is 5.91. The molecule has 0 bridgehead atoms. The fourth-order valence-electron chi connectivity index (χ4n) is 2.40. The van der Waals surface area contributed by atoms with E-state index < -0.39 is 5.97 Å². The Kier molecular flexibility index (Phi) is 4.75. The number of urea groups is 1. The van der Waals surface area contributed by atoms with E-state index in [2.05, 4.69) is 10.6 Å². The van der Waals surface area contributed by atoms with Gasteiger partial charge in [0.1, 0.15) is 11.5 Å². The summed E-state index contributed by atoms with van der Waals surface area (Å²) in [6.45, 7) is 1.83. The number of benzene rings is 1. The average molecular weight is 308 g/mol. The van der Waals surface area contributed by atoms with Crippen LogP contribution in [0.3, 0.4) is 0 Å². The van der Waals surface area contributed by atoms with Gasteiger partial charge in [0.05, 0.1) is 25.8 Å². The summed E-state index contributed by atoms with van der Waals surface area (Å²) in [5.41, 5.74) is 1.37. The SMILES string of the molecule is COc1cc(NC(=O)NC2CC(C(=O)O)C2)c(C)c(OC)c1. The molecule has 1 aromatic rings. The third-order valence-corrected chi connectivity index (χ3v) is 3.86. The molecular formula is C15H20N2O5. The molecule has 0 spiro atoms. The number of hydrogen-bond donors (Lipinski definition) is 3. The highest BCUT2D eigenvalue weighted by Crippen LogP contribution is 2.32. The van der Waals surface area contributed by atoms with Crippen LogP contribution in [0.25, 0.3) is 0 Å². The molecule has 1 aliphatic carbocycles. The molecule has 0 aliphatic heterocycles. The summed E-state index contributed by atoms with van der Waals surface area (Å²) in [6.07, 6.45) is 0.923. The molecule has 7 heteroatoms. The van der Waals surface area contributed by atoms with Crippen molar-refractivity contribution < 1.29 is 24.2 Å². The number of rotatable bonds is 5. The molecule has 22 heavy (non-hydrogen) atoms. The molecule has 0 aromatic heterocycles. The van der Waals surface area contributed by atoms with Crippen LogP contribution in [-0.2, 0) is 4.79 Å². The second-order valence-electron chi connectivity index (χ2n) is 5.30. The first-order valence-corrected chi connectivity index (χ1v) is 6.97. The van der Waals surface area contributed by atoms with Gasteiger partial charge in [0.2, 0.25) is 0 Å². The van der Waals surface area contributed by atoms with E-state index in [0.29, 0.717) is 30.0 Å². The maximum Gasteiger partial charge on any atom is 0.319 e. The molecule has 0 heterocycles. The number of anilines is 1. The Morgan fingerprint density at radius 2 is 1.91 bits per heavy atom. The van der Waals surface area contributed by atoms with Crippen molar-refractivity contribution in [1.82, 2.24) is 5.32 Å². The van der Waals surface area contributed by atoms with Gasteiger partial charge in [-0.05, 0) is 19.8 Å². The van der Waals surface area contributed by atoms with Crippen LogP contribution in [0, 0.1) is 12.8 Å². The number of amides is 2. The molecule has 2 rings (SSSR count). The van der Waals surface area contributed by atoms with Crippen LogP contribution >= 0.6 is 0 Å². The van der Waals surface area contributed by atoms with Gasteiger partial charge in [-0.1, -0.05) is 0 Å². The van der Waals surface area contributed by atoms with Crippen LogP contribution in [0.5, 0.6) is 11.5 Å². The van der Waals surface area contributed by atoms with E-state index in [1.165, 1.54) is 7.11 Å². The van der Waals surface area contributed by atoms with E-state index in [4.69, 9.17) is 14.6 Å². The Hall–Kier alpha value is -2.44. The first-order chi connectivity index (χ1) is 10.4. The molecule has 120 valence electrons. The van der Waals surface area contributed by atoms with Crippen LogP contribution in [0.2, 0.25) is 0 Å². The van der Waals surface area contributed by atoms with Gasteiger partial charge >= 0.3 is 12.0 Å². The Bertz CT molecular complexity index is 582. The third-order valence-electron chi connectivity index (χ3n) is 3.86. The lowest BCUT2D eigenvalue weighted by molar-refractivity contribution is -0.145. The molecular weight excluding hydrogens is 288 g/mol. The van der Waals surface area contributed by atoms with E-state index in [1.54, 1.807) is 19.2 Å². The predicted octanol–water partition coefficient (Wildman–Crippen LogP) is 2.00. The molecule has 1 aromatic carbocycles. The number of carbonyl (C=O) groups excluding carboxylic acids is 1. The highest BCUT2D eigenvalue weighted by Gasteiger charge is 2.35. The normalized spacial score (nSPS) is 19.8. The summed E-state index contributed by atoms with van der Waals surface area (Å²) in [6, 6.07) is 2.97. The van der Waals surface area contributed by atoms with Crippen LogP contribution in [0.15, 0.2) is 12.1 Å². The summed E-state index contributed by atoms with van der Waals surface area (Å²) < 4.78 is 10.4. The molecule has 1 aliphatic rings. The van der Waals surface area contributed by atoms with E-state index in [-0.39, 0.29) is 18.0 Å². The minimum Gasteiger partial charge on any atom is -0.497 e. The van der Waals surface area contributed by atoms with Crippen molar-refractivity contribution in [2.45, 2.75) is 25.8 Å². The van der Waals surface area contributed by atoms with Gasteiger partial charge in [-0.25, -0.2) is 4.79 Å². The van der Waals surface area contributed by atoms with Gasteiger partial charge in [-0.3, -0.25) is 4.79 Å². The summed E-state index contributed by atoms with van der Waals surface area (Å²) >= 11 is 0. The lowest BCUT2D eigenvalue weighted by atomic mass is 9.80. The number of carbonyl (C=O) groups is 2. The van der Waals surface area contributed by atoms with Crippen molar-refractivity contribution in [2.24, 2.45) is 5.92 Å². The zero-order valence-electron chi connectivity index (χ0n) is 12.8. The van der Waals surface area contributed by atoms with Crippen LogP contribution < -0.4 is 20.1 Å². The summed E-state index contributed by atoms with van der Waals surface area (Å²) in [5.74, 6) is 0.0207. The van der Waals surface area contributed by atoms with Crippen LogP contribution in [0.4, 0.5) is 10.5 Å². The number of methoxy groups -OCH3 is 2. The zero-order chi connectivity index (χ0) is 16.3. The van der Waals surface area contributed by atoms with E-state index >= 15 is 0 Å². The maximum absolute atomic E-state index is 12.0. The Morgan fingerprint density at radius 3 is 2.45 bits per heavy atom. The molecule has 7 nitrogen and oxygen atoms in total. The largest absolute Gasteiger partial charge is 0.497 e. The minimum absolute atomic E-state index is 0.103. The van der Waals surface area contributed by atoms with E-state index in [9.17, 15) is 9.59 Å². The molecule has 1 saturated carbocycles. The second-order valence-corrected chi connectivity index (χ2v) is 5.30. The molecule has 0 radical (unpaired) electrons. The summed E-state index contributed by atoms with van der Waals surface area (Å²) in [5, 5.41) is 14.3. The predicted molar refractivity (Wildman–Crippen MR) is 80.6 cm³/mol. The first-order valence-electron chi connectivity index (χ1n) is 6.97. The fraction of sp³-hybridized carbons (Fsp3) is 0.467. The quantitative estimate of drug-likeness (QED) is 0.773. The Labute approximate surface area is 128 Å². The van der Waals surface area contributed by atoms with Crippen molar-refractivity contribution >= 4 is 17.7 Å². The highest BCUT2D eigenvalue weighted by atomic mass is 16.5. The van der Waals surface area contributed by atoms with Gasteiger partial charge < -0.3 is 25.2 Å². The number of aliphatic carboxylic acids is 1. The van der Waals surface area contributed by atoms with Crippen molar-refractivity contribution in [1.29, 1.82) is 0 Å². The van der Waals surface area contributed by atoms with Gasteiger partial charge in [0.25, 0.3) is 0 Å². The van der Waals surface area contributed by atoms with Gasteiger partial charge in [0, 0.05) is 23.7 Å². The zero-order valence-corrected chi connectivity index (χ0v) is 12.8. The smallest absolute Gasteiger partial charge is 0.319 e. The number of nitrogens with one attached hydrogen (secondary N) is 2. The Balaban J connectivity index is 1.98. The monoisotopic (exact) mass is 308 g/mol. The molecule has 0 unspecified atom stereocenters. The number of carboxylic acids is 1. The van der Waals surface area contributed by atoms with Crippen molar-refractivity contribution in [3.63, 3.8) is 0 Å². The van der Waals surface area contributed by atoms with E-state index in [1.807, 2.05) is 6.92 Å². The maximum atomic E-state index is 12.0. The van der Waals surface area contributed by atoms with Crippen molar-refractivity contribution in [3.05, 3.63) is 17.7 Å².